The van der Waals surface area contributed by atoms with E-state index in [0.717, 1.165) is 13.0 Å². The lowest BCUT2D eigenvalue weighted by Crippen LogP contribution is -2.32. The molecule has 2 fully saturated rings. The third-order valence-corrected chi connectivity index (χ3v) is 4.62. The minimum Gasteiger partial charge on any atom is -0.387 e. The van der Waals surface area contributed by atoms with Crippen LogP contribution >= 0.6 is 12.2 Å². The standard InChI is InChI=1S/C14H21N3OS/c15-12(19)13-16-8-9-17(13)10-11-4-7-14(18-11)5-2-1-3-6-14/h8-9,11H,1-7,10H2,(H2,15,19). The highest BCUT2D eigenvalue weighted by Crippen LogP contribution is 2.42. The van der Waals surface area contributed by atoms with Gasteiger partial charge in [-0.2, -0.15) is 0 Å². The molecule has 1 saturated heterocycles. The summed E-state index contributed by atoms with van der Waals surface area (Å²) >= 11 is 5.02. The number of hydrogen-bond donors (Lipinski definition) is 1. The number of rotatable bonds is 3. The molecule has 0 amide bonds. The number of nitrogens with two attached hydrogens (primary N) is 1. The number of hydrogen-bond acceptors (Lipinski definition) is 3. The zero-order valence-corrected chi connectivity index (χ0v) is 12.0. The molecule has 5 heteroatoms. The maximum absolute atomic E-state index is 6.37. The minimum absolute atomic E-state index is 0.173. The number of imidazole rings is 1. The summed E-state index contributed by atoms with van der Waals surface area (Å²) in [7, 11) is 0. The Hall–Kier alpha value is -0.940. The second kappa shape index (κ2) is 5.21. The van der Waals surface area contributed by atoms with Gasteiger partial charge in [0.05, 0.1) is 18.2 Å². The zero-order valence-electron chi connectivity index (χ0n) is 11.2. The fraction of sp³-hybridized carbons (Fsp3) is 0.714. The monoisotopic (exact) mass is 279 g/mol. The Bertz CT molecular complexity index is 465. The summed E-state index contributed by atoms with van der Waals surface area (Å²) in [5, 5.41) is 0. The minimum atomic E-state index is 0.173. The van der Waals surface area contributed by atoms with E-state index in [1.165, 1.54) is 38.5 Å². The van der Waals surface area contributed by atoms with E-state index in [1.807, 2.05) is 10.8 Å². The molecule has 0 radical (unpaired) electrons. The van der Waals surface area contributed by atoms with Crippen LogP contribution < -0.4 is 5.73 Å². The van der Waals surface area contributed by atoms with Crippen LogP contribution in [0, 0.1) is 0 Å². The molecule has 1 aliphatic heterocycles. The largest absolute Gasteiger partial charge is 0.387 e. The predicted octanol–water partition coefficient (Wildman–Crippen LogP) is 2.40. The molecule has 1 aromatic heterocycles. The van der Waals surface area contributed by atoms with Crippen molar-refractivity contribution in [2.75, 3.05) is 0 Å². The van der Waals surface area contributed by atoms with Crippen LogP contribution in [-0.4, -0.2) is 26.2 Å². The predicted molar refractivity (Wildman–Crippen MR) is 78.0 cm³/mol. The summed E-state index contributed by atoms with van der Waals surface area (Å²) < 4.78 is 8.39. The molecular weight excluding hydrogens is 258 g/mol. The van der Waals surface area contributed by atoms with Crippen LogP contribution in [0.4, 0.5) is 0 Å². The Morgan fingerprint density at radius 1 is 1.42 bits per heavy atom. The molecule has 1 spiro atoms. The Labute approximate surface area is 119 Å². The third-order valence-electron chi connectivity index (χ3n) is 4.44. The van der Waals surface area contributed by atoms with Gasteiger partial charge in [-0.3, -0.25) is 0 Å². The molecule has 1 aliphatic carbocycles. The van der Waals surface area contributed by atoms with Crippen LogP contribution in [-0.2, 0) is 11.3 Å². The fourth-order valence-electron chi connectivity index (χ4n) is 3.49. The number of ether oxygens (including phenoxy) is 1. The molecule has 19 heavy (non-hydrogen) atoms. The van der Waals surface area contributed by atoms with Gasteiger partial charge in [0, 0.05) is 12.4 Å². The van der Waals surface area contributed by atoms with Crippen molar-refractivity contribution < 1.29 is 4.74 Å². The molecule has 104 valence electrons. The van der Waals surface area contributed by atoms with Gasteiger partial charge in [-0.15, -0.1) is 0 Å². The van der Waals surface area contributed by atoms with Gasteiger partial charge in [0.15, 0.2) is 5.82 Å². The van der Waals surface area contributed by atoms with Crippen LogP contribution in [0.3, 0.4) is 0 Å². The highest BCUT2D eigenvalue weighted by Gasteiger charge is 2.40. The fourth-order valence-corrected chi connectivity index (χ4v) is 3.66. The molecule has 3 rings (SSSR count). The maximum atomic E-state index is 6.37. The number of nitrogens with zero attached hydrogens (tertiary/aromatic N) is 2. The molecule has 1 saturated carbocycles. The second-order valence-corrected chi connectivity index (χ2v) is 6.23. The van der Waals surface area contributed by atoms with Crippen LogP contribution in [0.1, 0.15) is 50.8 Å². The van der Waals surface area contributed by atoms with Gasteiger partial charge in [-0.25, -0.2) is 4.98 Å². The first-order chi connectivity index (χ1) is 9.19. The van der Waals surface area contributed by atoms with Crippen molar-refractivity contribution in [2.24, 2.45) is 5.73 Å². The van der Waals surface area contributed by atoms with Crippen molar-refractivity contribution >= 4 is 17.2 Å². The molecular formula is C14H21N3OS. The van der Waals surface area contributed by atoms with Gasteiger partial charge < -0.3 is 15.0 Å². The van der Waals surface area contributed by atoms with Crippen molar-refractivity contribution in [3.63, 3.8) is 0 Å². The third kappa shape index (κ3) is 2.67. The lowest BCUT2D eigenvalue weighted by Gasteiger charge is -2.33. The molecule has 1 unspecified atom stereocenters. The highest BCUT2D eigenvalue weighted by molar-refractivity contribution is 7.80. The van der Waals surface area contributed by atoms with E-state index in [2.05, 4.69) is 4.98 Å². The van der Waals surface area contributed by atoms with Crippen molar-refractivity contribution in [1.82, 2.24) is 9.55 Å². The normalized spacial score (nSPS) is 25.8. The molecule has 1 aromatic rings. The topological polar surface area (TPSA) is 53.1 Å². The summed E-state index contributed by atoms with van der Waals surface area (Å²) in [4.78, 5) is 4.56. The highest BCUT2D eigenvalue weighted by atomic mass is 32.1. The van der Waals surface area contributed by atoms with E-state index in [1.54, 1.807) is 6.20 Å². The maximum Gasteiger partial charge on any atom is 0.167 e. The molecule has 0 aromatic carbocycles. The lowest BCUT2D eigenvalue weighted by molar-refractivity contribution is -0.0680. The van der Waals surface area contributed by atoms with E-state index < -0.39 is 0 Å². The van der Waals surface area contributed by atoms with Crippen LogP contribution in [0.25, 0.3) is 0 Å². The number of thiocarbonyl (C=S) groups is 1. The molecule has 2 heterocycles. The summed E-state index contributed by atoms with van der Waals surface area (Å²) in [6.07, 6.45) is 12.8. The van der Waals surface area contributed by atoms with Crippen molar-refractivity contribution in [3.8, 4) is 0 Å². The first-order valence-corrected chi connectivity index (χ1v) is 7.58. The van der Waals surface area contributed by atoms with E-state index in [0.29, 0.717) is 10.8 Å². The van der Waals surface area contributed by atoms with Gasteiger partial charge >= 0.3 is 0 Å². The van der Waals surface area contributed by atoms with E-state index in [-0.39, 0.29) is 11.7 Å². The van der Waals surface area contributed by atoms with Crippen molar-refractivity contribution in [1.29, 1.82) is 0 Å². The second-order valence-electron chi connectivity index (χ2n) is 5.79. The van der Waals surface area contributed by atoms with E-state index >= 15 is 0 Å². The lowest BCUT2D eigenvalue weighted by atomic mass is 9.83. The SMILES string of the molecule is NC(=S)c1nccn1CC1CCC2(CCCCC2)O1. The zero-order chi connectivity index (χ0) is 13.3. The summed E-state index contributed by atoms with van der Waals surface area (Å²) in [5.74, 6) is 0.697. The van der Waals surface area contributed by atoms with Crippen molar-refractivity contribution in [2.45, 2.75) is 63.2 Å². The van der Waals surface area contributed by atoms with Gasteiger partial charge in [-0.05, 0) is 25.7 Å². The molecule has 1 atom stereocenters. The Kier molecular flexibility index (Phi) is 3.58. The van der Waals surface area contributed by atoms with Gasteiger partial charge in [0.2, 0.25) is 0 Å². The van der Waals surface area contributed by atoms with Crippen LogP contribution in [0.5, 0.6) is 0 Å². The molecule has 4 nitrogen and oxygen atoms in total. The molecule has 2 N–H and O–H groups in total. The Balaban J connectivity index is 1.65. The average Bonchev–Trinajstić information content (AvgIpc) is 2.99. The molecule has 0 bridgehead atoms. The van der Waals surface area contributed by atoms with Crippen LogP contribution in [0.15, 0.2) is 12.4 Å². The summed E-state index contributed by atoms with van der Waals surface area (Å²) in [6, 6.07) is 0. The summed E-state index contributed by atoms with van der Waals surface area (Å²) in [5.41, 5.74) is 5.85. The molecule has 2 aliphatic rings. The Morgan fingerprint density at radius 2 is 2.21 bits per heavy atom. The average molecular weight is 279 g/mol. The van der Waals surface area contributed by atoms with E-state index in [9.17, 15) is 0 Å². The van der Waals surface area contributed by atoms with Crippen LogP contribution in [0.2, 0.25) is 0 Å². The smallest absolute Gasteiger partial charge is 0.167 e. The van der Waals surface area contributed by atoms with Gasteiger partial charge in [0.25, 0.3) is 0 Å². The van der Waals surface area contributed by atoms with Gasteiger partial charge in [-0.1, -0.05) is 31.5 Å². The first kappa shape index (κ1) is 13.1. The number of aromatic nitrogens is 2. The Morgan fingerprint density at radius 3 is 2.95 bits per heavy atom. The summed E-state index contributed by atoms with van der Waals surface area (Å²) in [6.45, 7) is 0.814. The first-order valence-electron chi connectivity index (χ1n) is 7.17. The van der Waals surface area contributed by atoms with Crippen molar-refractivity contribution in [3.05, 3.63) is 18.2 Å². The quantitative estimate of drug-likeness (QED) is 0.863. The van der Waals surface area contributed by atoms with Gasteiger partial charge in [0.1, 0.15) is 4.99 Å². The van der Waals surface area contributed by atoms with E-state index in [4.69, 9.17) is 22.7 Å².